The van der Waals surface area contributed by atoms with Crippen molar-refractivity contribution in [2.75, 3.05) is 31.2 Å². The van der Waals surface area contributed by atoms with E-state index in [-0.39, 0.29) is 6.03 Å². The Kier molecular flexibility index (Phi) is 6.16. The quantitative estimate of drug-likeness (QED) is 0.662. The molecule has 7 heteroatoms. The minimum Gasteiger partial charge on any atom is -0.467 e. The topological polar surface area (TPSA) is 71.1 Å². The van der Waals surface area contributed by atoms with Gasteiger partial charge in [-0.05, 0) is 42.0 Å². The molecule has 1 aromatic carbocycles. The summed E-state index contributed by atoms with van der Waals surface area (Å²) in [5.41, 5.74) is 2.23. The number of furan rings is 2. The third-order valence-corrected chi connectivity index (χ3v) is 4.90. The van der Waals surface area contributed by atoms with Gasteiger partial charge < -0.3 is 28.7 Å². The highest BCUT2D eigenvalue weighted by Gasteiger charge is 2.17. The second kappa shape index (κ2) is 9.34. The predicted octanol–water partition coefficient (Wildman–Crippen LogP) is 3.62. The molecule has 4 rings (SSSR count). The largest absolute Gasteiger partial charge is 0.467 e. The van der Waals surface area contributed by atoms with Gasteiger partial charge in [0, 0.05) is 25.3 Å². The SMILES string of the molecule is O=C(NCc1ccc(N2CCOCC2)cc1)N(Cc1ccco1)Cc1ccco1. The molecule has 29 heavy (non-hydrogen) atoms. The lowest BCUT2D eigenvalue weighted by atomic mass is 10.2. The minimum absolute atomic E-state index is 0.171. The second-order valence-electron chi connectivity index (χ2n) is 6.94. The summed E-state index contributed by atoms with van der Waals surface area (Å²) in [5, 5.41) is 2.99. The normalized spacial score (nSPS) is 14.0. The van der Waals surface area contributed by atoms with Gasteiger partial charge in [0.25, 0.3) is 0 Å². The monoisotopic (exact) mass is 395 g/mol. The molecule has 0 bridgehead atoms. The van der Waals surface area contributed by atoms with E-state index in [2.05, 4.69) is 34.5 Å². The molecule has 0 atom stereocenters. The maximum atomic E-state index is 12.8. The number of anilines is 1. The number of urea groups is 1. The Morgan fingerprint density at radius 2 is 1.55 bits per heavy atom. The van der Waals surface area contributed by atoms with Crippen LogP contribution < -0.4 is 10.2 Å². The molecule has 2 amide bonds. The van der Waals surface area contributed by atoms with Crippen LogP contribution in [-0.4, -0.2) is 37.2 Å². The number of carbonyl (C=O) groups is 1. The van der Waals surface area contributed by atoms with Crippen LogP contribution in [0.25, 0.3) is 0 Å². The average Bonchev–Trinajstić information content (AvgIpc) is 3.47. The van der Waals surface area contributed by atoms with Crippen LogP contribution in [-0.2, 0) is 24.4 Å². The maximum absolute atomic E-state index is 12.8. The van der Waals surface area contributed by atoms with Gasteiger partial charge in [-0.2, -0.15) is 0 Å². The van der Waals surface area contributed by atoms with E-state index in [0.29, 0.717) is 19.6 Å². The summed E-state index contributed by atoms with van der Waals surface area (Å²) in [6.07, 6.45) is 3.21. The first-order chi connectivity index (χ1) is 14.3. The van der Waals surface area contributed by atoms with Gasteiger partial charge in [0.2, 0.25) is 0 Å². The lowest BCUT2D eigenvalue weighted by molar-refractivity contribution is 0.122. The van der Waals surface area contributed by atoms with Crippen molar-refractivity contribution in [1.29, 1.82) is 0 Å². The van der Waals surface area contributed by atoms with Crippen molar-refractivity contribution in [3.8, 4) is 0 Å². The number of morpholine rings is 1. The highest BCUT2D eigenvalue weighted by molar-refractivity contribution is 5.74. The van der Waals surface area contributed by atoms with Crippen molar-refractivity contribution in [2.24, 2.45) is 0 Å². The molecule has 3 heterocycles. The van der Waals surface area contributed by atoms with Gasteiger partial charge in [-0.25, -0.2) is 4.79 Å². The molecule has 2 aromatic heterocycles. The first-order valence-corrected chi connectivity index (χ1v) is 9.77. The molecular formula is C22H25N3O4. The summed E-state index contributed by atoms with van der Waals surface area (Å²) in [6, 6.07) is 15.5. The molecule has 3 aromatic rings. The summed E-state index contributed by atoms with van der Waals surface area (Å²) in [4.78, 5) is 16.8. The number of amides is 2. The number of hydrogen-bond acceptors (Lipinski definition) is 5. The summed E-state index contributed by atoms with van der Waals surface area (Å²) < 4.78 is 16.2. The van der Waals surface area contributed by atoms with Gasteiger partial charge in [-0.1, -0.05) is 12.1 Å². The van der Waals surface area contributed by atoms with Crippen molar-refractivity contribution in [3.63, 3.8) is 0 Å². The molecule has 0 spiro atoms. The van der Waals surface area contributed by atoms with Gasteiger partial charge >= 0.3 is 6.03 Å². The average molecular weight is 395 g/mol. The summed E-state index contributed by atoms with van der Waals surface area (Å²) in [7, 11) is 0. The number of hydrogen-bond donors (Lipinski definition) is 1. The zero-order valence-corrected chi connectivity index (χ0v) is 16.3. The third-order valence-electron chi connectivity index (χ3n) is 4.90. The van der Waals surface area contributed by atoms with Gasteiger partial charge in [0.15, 0.2) is 0 Å². The smallest absolute Gasteiger partial charge is 0.318 e. The summed E-state index contributed by atoms with van der Waals surface area (Å²) in [6.45, 7) is 4.53. The van der Waals surface area contributed by atoms with Crippen LogP contribution in [0, 0.1) is 0 Å². The fourth-order valence-corrected chi connectivity index (χ4v) is 3.32. The molecule has 0 saturated carbocycles. The van der Waals surface area contributed by atoms with Crippen LogP contribution in [0.3, 0.4) is 0 Å². The van der Waals surface area contributed by atoms with Crippen molar-refractivity contribution in [3.05, 3.63) is 78.1 Å². The minimum atomic E-state index is -0.171. The molecule has 152 valence electrons. The van der Waals surface area contributed by atoms with E-state index >= 15 is 0 Å². The Balaban J connectivity index is 1.35. The molecule has 1 saturated heterocycles. The Labute approximate surface area is 169 Å². The van der Waals surface area contributed by atoms with Gasteiger partial charge in [-0.15, -0.1) is 0 Å². The number of benzene rings is 1. The number of nitrogens with one attached hydrogen (secondary N) is 1. The Hall–Kier alpha value is -3.19. The highest BCUT2D eigenvalue weighted by atomic mass is 16.5. The molecule has 1 fully saturated rings. The molecule has 1 aliphatic rings. The van der Waals surface area contributed by atoms with Crippen LogP contribution in [0.15, 0.2) is 69.9 Å². The summed E-state index contributed by atoms with van der Waals surface area (Å²) in [5.74, 6) is 1.45. The van der Waals surface area contributed by atoms with Crippen LogP contribution >= 0.6 is 0 Å². The van der Waals surface area contributed by atoms with Crippen molar-refractivity contribution < 1.29 is 18.4 Å². The molecule has 0 unspecified atom stereocenters. The molecule has 0 aliphatic carbocycles. The molecule has 1 aliphatic heterocycles. The number of carbonyl (C=O) groups excluding carboxylic acids is 1. The van der Waals surface area contributed by atoms with E-state index in [4.69, 9.17) is 13.6 Å². The zero-order chi connectivity index (χ0) is 19.9. The molecule has 0 radical (unpaired) electrons. The van der Waals surface area contributed by atoms with Crippen LogP contribution in [0.5, 0.6) is 0 Å². The van der Waals surface area contributed by atoms with E-state index in [1.165, 1.54) is 5.69 Å². The summed E-state index contributed by atoms with van der Waals surface area (Å²) >= 11 is 0. The predicted molar refractivity (Wildman–Crippen MR) is 108 cm³/mol. The maximum Gasteiger partial charge on any atom is 0.318 e. The van der Waals surface area contributed by atoms with E-state index < -0.39 is 0 Å². The van der Waals surface area contributed by atoms with Crippen LogP contribution in [0.2, 0.25) is 0 Å². The lowest BCUT2D eigenvalue weighted by Crippen LogP contribution is -2.38. The van der Waals surface area contributed by atoms with Crippen LogP contribution in [0.1, 0.15) is 17.1 Å². The van der Waals surface area contributed by atoms with Crippen molar-refractivity contribution in [2.45, 2.75) is 19.6 Å². The van der Waals surface area contributed by atoms with E-state index in [1.807, 2.05) is 24.3 Å². The molecule has 7 nitrogen and oxygen atoms in total. The molecular weight excluding hydrogens is 370 g/mol. The van der Waals surface area contributed by atoms with Crippen molar-refractivity contribution in [1.82, 2.24) is 10.2 Å². The third kappa shape index (κ3) is 5.20. The van der Waals surface area contributed by atoms with Crippen LogP contribution in [0.4, 0.5) is 10.5 Å². The highest BCUT2D eigenvalue weighted by Crippen LogP contribution is 2.17. The fraction of sp³-hybridized carbons (Fsp3) is 0.318. The first-order valence-electron chi connectivity index (χ1n) is 9.77. The number of rotatable bonds is 7. The second-order valence-corrected chi connectivity index (χ2v) is 6.94. The van der Waals surface area contributed by atoms with Gasteiger partial charge in [0.05, 0.1) is 38.8 Å². The first kappa shape index (κ1) is 19.1. The van der Waals surface area contributed by atoms with E-state index in [1.54, 1.807) is 17.4 Å². The molecule has 1 N–H and O–H groups in total. The Morgan fingerprint density at radius 1 is 0.931 bits per heavy atom. The number of ether oxygens (including phenoxy) is 1. The lowest BCUT2D eigenvalue weighted by Gasteiger charge is -2.29. The van der Waals surface area contributed by atoms with E-state index in [0.717, 1.165) is 43.4 Å². The Morgan fingerprint density at radius 3 is 2.10 bits per heavy atom. The van der Waals surface area contributed by atoms with Crippen molar-refractivity contribution >= 4 is 11.7 Å². The van der Waals surface area contributed by atoms with E-state index in [9.17, 15) is 4.79 Å². The Bertz CT molecular complexity index is 833. The van der Waals surface area contributed by atoms with Gasteiger partial charge in [0.1, 0.15) is 11.5 Å². The van der Waals surface area contributed by atoms with Gasteiger partial charge in [-0.3, -0.25) is 0 Å². The zero-order valence-electron chi connectivity index (χ0n) is 16.3. The fourth-order valence-electron chi connectivity index (χ4n) is 3.32. The number of nitrogens with zero attached hydrogens (tertiary/aromatic N) is 2. The standard InChI is InChI=1S/C22H25N3O4/c26-22(25(16-20-3-1-11-28-20)17-21-4-2-12-29-21)23-15-18-5-7-19(8-6-18)24-9-13-27-14-10-24/h1-8,11-12H,9-10,13-17H2,(H,23,26).